The van der Waals surface area contributed by atoms with Gasteiger partial charge in [-0.2, -0.15) is 0 Å². The number of halogens is 1. The number of carbonyl (C=O) groups excluding carboxylic acids is 2. The molecule has 1 heterocycles. The molecule has 0 bridgehead atoms. The minimum Gasteiger partial charge on any atom is -0.484 e. The van der Waals surface area contributed by atoms with Crippen LogP contribution in [0.25, 0.3) is 0 Å². The molecule has 1 aliphatic rings. The highest BCUT2D eigenvalue weighted by Gasteiger charge is 2.27. The maximum absolute atomic E-state index is 12.2. The third-order valence-electron chi connectivity index (χ3n) is 4.29. The predicted molar refractivity (Wildman–Crippen MR) is 105 cm³/mol. The van der Waals surface area contributed by atoms with Gasteiger partial charge in [0.2, 0.25) is 0 Å². The minimum absolute atomic E-state index is 0.0356. The maximum Gasteiger partial charge on any atom is 0.410 e. The summed E-state index contributed by atoms with van der Waals surface area (Å²) < 4.78 is 11.0. The third-order valence-corrected chi connectivity index (χ3v) is 4.89. The molecule has 27 heavy (non-hydrogen) atoms. The first-order valence-corrected chi connectivity index (χ1v) is 9.60. The molecule has 1 fully saturated rings. The Bertz CT molecular complexity index is 669. The first-order chi connectivity index (χ1) is 12.5. The Balaban J connectivity index is 1.75. The zero-order chi connectivity index (χ0) is 20.2. The lowest BCUT2D eigenvalue weighted by molar-refractivity contribution is -0.124. The van der Waals surface area contributed by atoms with Crippen LogP contribution in [0, 0.1) is 13.8 Å². The summed E-state index contributed by atoms with van der Waals surface area (Å²) in [5.74, 6) is 0.459. The van der Waals surface area contributed by atoms with Crippen molar-refractivity contribution in [1.82, 2.24) is 10.2 Å². The van der Waals surface area contributed by atoms with Gasteiger partial charge in [-0.15, -0.1) is 0 Å². The molecule has 1 aromatic carbocycles. The Kier molecular flexibility index (Phi) is 6.98. The van der Waals surface area contributed by atoms with Gasteiger partial charge in [0, 0.05) is 24.2 Å². The monoisotopic (exact) mass is 396 g/mol. The van der Waals surface area contributed by atoms with Crippen LogP contribution in [-0.4, -0.2) is 48.2 Å². The Morgan fingerprint density at radius 2 is 1.74 bits per heavy atom. The number of piperidine rings is 1. The molecule has 6 nitrogen and oxygen atoms in total. The lowest BCUT2D eigenvalue weighted by Gasteiger charge is -2.33. The normalized spacial score (nSPS) is 15.4. The number of rotatable bonds is 4. The van der Waals surface area contributed by atoms with Gasteiger partial charge in [0.15, 0.2) is 6.61 Å². The van der Waals surface area contributed by atoms with Gasteiger partial charge in [0.05, 0.1) is 0 Å². The van der Waals surface area contributed by atoms with Crippen molar-refractivity contribution in [2.24, 2.45) is 0 Å². The fraction of sp³-hybridized carbons (Fsp3) is 0.600. The van der Waals surface area contributed by atoms with Gasteiger partial charge in [-0.05, 0) is 70.7 Å². The van der Waals surface area contributed by atoms with Crippen molar-refractivity contribution < 1.29 is 19.1 Å². The summed E-state index contributed by atoms with van der Waals surface area (Å²) in [7, 11) is 0. The molecule has 2 amide bonds. The van der Waals surface area contributed by atoms with E-state index in [1.807, 2.05) is 46.8 Å². The minimum atomic E-state index is -0.502. The number of likely N-dealkylation sites (tertiary alicyclic amines) is 1. The van der Waals surface area contributed by atoms with E-state index in [4.69, 9.17) is 21.1 Å². The molecule has 0 saturated carbocycles. The van der Waals surface area contributed by atoms with Crippen molar-refractivity contribution in [3.8, 4) is 5.75 Å². The first kappa shape index (κ1) is 21.4. The van der Waals surface area contributed by atoms with Gasteiger partial charge in [-0.25, -0.2) is 4.79 Å². The summed E-state index contributed by atoms with van der Waals surface area (Å²) in [4.78, 5) is 25.9. The molecule has 1 aromatic rings. The number of hydrogen-bond donors (Lipinski definition) is 1. The maximum atomic E-state index is 12.2. The first-order valence-electron chi connectivity index (χ1n) is 9.22. The van der Waals surface area contributed by atoms with Crippen LogP contribution in [0.3, 0.4) is 0 Å². The molecule has 0 radical (unpaired) electrons. The molecule has 0 aromatic heterocycles. The standard InChI is InChI=1S/C20H29ClN2O4/c1-13-10-16(11-14(2)18(13)21)26-12-17(24)22-15-6-8-23(9-7-15)19(25)27-20(3,4)5/h10-11,15H,6-9,12H2,1-5H3,(H,22,24). The van der Waals surface area contributed by atoms with Crippen molar-refractivity contribution in [3.63, 3.8) is 0 Å². The SMILES string of the molecule is Cc1cc(OCC(=O)NC2CCN(C(=O)OC(C)(C)C)CC2)cc(C)c1Cl. The summed E-state index contributed by atoms with van der Waals surface area (Å²) in [6.45, 7) is 10.4. The summed E-state index contributed by atoms with van der Waals surface area (Å²) in [5, 5.41) is 3.68. The molecular formula is C20H29ClN2O4. The highest BCUT2D eigenvalue weighted by atomic mass is 35.5. The molecule has 7 heteroatoms. The number of aryl methyl sites for hydroxylation is 2. The average Bonchev–Trinajstić information content (AvgIpc) is 2.57. The number of ether oxygens (including phenoxy) is 2. The van der Waals surface area contributed by atoms with Crippen molar-refractivity contribution in [3.05, 3.63) is 28.3 Å². The number of benzene rings is 1. The van der Waals surface area contributed by atoms with E-state index in [-0.39, 0.29) is 24.6 Å². The number of carbonyl (C=O) groups is 2. The van der Waals surface area contributed by atoms with Crippen molar-refractivity contribution in [1.29, 1.82) is 0 Å². The van der Waals surface area contributed by atoms with Crippen molar-refractivity contribution >= 4 is 23.6 Å². The van der Waals surface area contributed by atoms with Gasteiger partial charge >= 0.3 is 6.09 Å². The van der Waals surface area contributed by atoms with Gasteiger partial charge in [0.1, 0.15) is 11.4 Å². The summed E-state index contributed by atoms with van der Waals surface area (Å²) in [6.07, 6.45) is 1.10. The van der Waals surface area contributed by atoms with Crippen LogP contribution in [0.15, 0.2) is 12.1 Å². The fourth-order valence-electron chi connectivity index (χ4n) is 2.94. The molecule has 1 N–H and O–H groups in total. The van der Waals surface area contributed by atoms with Crippen LogP contribution >= 0.6 is 11.6 Å². The molecule has 0 atom stereocenters. The molecule has 0 spiro atoms. The van der Waals surface area contributed by atoms with Gasteiger partial charge < -0.3 is 19.7 Å². The van der Waals surface area contributed by atoms with E-state index >= 15 is 0 Å². The van der Waals surface area contributed by atoms with E-state index in [9.17, 15) is 9.59 Å². The molecular weight excluding hydrogens is 368 g/mol. The van der Waals surface area contributed by atoms with Gasteiger partial charge in [0.25, 0.3) is 5.91 Å². The van der Waals surface area contributed by atoms with Gasteiger partial charge in [-0.1, -0.05) is 11.6 Å². The van der Waals surface area contributed by atoms with E-state index in [0.29, 0.717) is 36.7 Å². The second-order valence-corrected chi connectivity index (χ2v) is 8.35. The van der Waals surface area contributed by atoms with Crippen LogP contribution in [0.1, 0.15) is 44.7 Å². The zero-order valence-electron chi connectivity index (χ0n) is 16.7. The Morgan fingerprint density at radius 1 is 1.19 bits per heavy atom. The van der Waals surface area contributed by atoms with Crippen LogP contribution in [-0.2, 0) is 9.53 Å². The smallest absolute Gasteiger partial charge is 0.410 e. The number of amides is 2. The van der Waals surface area contributed by atoms with E-state index in [0.717, 1.165) is 11.1 Å². The average molecular weight is 397 g/mol. The summed E-state index contributed by atoms with van der Waals surface area (Å²) in [6, 6.07) is 3.68. The molecule has 1 saturated heterocycles. The molecule has 150 valence electrons. The molecule has 2 rings (SSSR count). The highest BCUT2D eigenvalue weighted by Crippen LogP contribution is 2.25. The topological polar surface area (TPSA) is 67.9 Å². The quantitative estimate of drug-likeness (QED) is 0.839. The van der Waals surface area contributed by atoms with E-state index in [2.05, 4.69) is 5.32 Å². The Morgan fingerprint density at radius 3 is 2.26 bits per heavy atom. The Labute approximate surface area is 166 Å². The van der Waals surface area contributed by atoms with Crippen molar-refractivity contribution in [2.75, 3.05) is 19.7 Å². The number of nitrogens with one attached hydrogen (secondary N) is 1. The predicted octanol–water partition coefficient (Wildman–Crippen LogP) is 3.85. The largest absolute Gasteiger partial charge is 0.484 e. The third kappa shape index (κ3) is 6.61. The highest BCUT2D eigenvalue weighted by molar-refractivity contribution is 6.32. The second-order valence-electron chi connectivity index (χ2n) is 7.97. The van der Waals surface area contributed by atoms with Crippen molar-refractivity contribution in [2.45, 2.75) is 59.1 Å². The van der Waals surface area contributed by atoms with E-state index in [1.165, 1.54) is 0 Å². The molecule has 0 aliphatic carbocycles. The molecule has 0 unspecified atom stereocenters. The summed E-state index contributed by atoms with van der Waals surface area (Å²) >= 11 is 6.14. The lowest BCUT2D eigenvalue weighted by Crippen LogP contribution is -2.48. The van der Waals surface area contributed by atoms with Crippen LogP contribution in [0.4, 0.5) is 4.79 Å². The van der Waals surface area contributed by atoms with Crippen LogP contribution < -0.4 is 10.1 Å². The van der Waals surface area contributed by atoms with Crippen LogP contribution in [0.2, 0.25) is 5.02 Å². The zero-order valence-corrected chi connectivity index (χ0v) is 17.5. The number of hydrogen-bond acceptors (Lipinski definition) is 4. The second kappa shape index (κ2) is 8.83. The molecule has 1 aliphatic heterocycles. The van der Waals surface area contributed by atoms with Crippen LogP contribution in [0.5, 0.6) is 5.75 Å². The lowest BCUT2D eigenvalue weighted by atomic mass is 10.1. The Hall–Kier alpha value is -1.95. The number of nitrogens with zero attached hydrogens (tertiary/aromatic N) is 1. The van der Waals surface area contributed by atoms with E-state index < -0.39 is 5.60 Å². The van der Waals surface area contributed by atoms with E-state index in [1.54, 1.807) is 4.90 Å². The van der Waals surface area contributed by atoms with Gasteiger partial charge in [-0.3, -0.25) is 4.79 Å². The fourth-order valence-corrected chi connectivity index (χ4v) is 3.05. The summed E-state index contributed by atoms with van der Waals surface area (Å²) in [5.41, 5.74) is 1.33.